The van der Waals surface area contributed by atoms with Gasteiger partial charge in [-0.25, -0.2) is 4.98 Å². The molecule has 6 heteroatoms. The molecule has 1 heterocycles. The molecule has 1 unspecified atom stereocenters. The van der Waals surface area contributed by atoms with E-state index in [2.05, 4.69) is 52.1 Å². The number of nitrogens with zero attached hydrogens (tertiary/aromatic N) is 3. The van der Waals surface area contributed by atoms with Crippen LogP contribution in [-0.4, -0.2) is 40.1 Å². The summed E-state index contributed by atoms with van der Waals surface area (Å²) in [4.78, 5) is 19.6. The van der Waals surface area contributed by atoms with Gasteiger partial charge in [-0.3, -0.25) is 4.79 Å². The zero-order chi connectivity index (χ0) is 25.3. The second-order valence-electron chi connectivity index (χ2n) is 9.52. The summed E-state index contributed by atoms with van der Waals surface area (Å²) in [6, 6.07) is 28.5. The van der Waals surface area contributed by atoms with E-state index in [0.29, 0.717) is 13.0 Å². The number of amides is 1. The highest BCUT2D eigenvalue weighted by atomic mass is 35.5. The number of aromatic nitrogens is 2. The van der Waals surface area contributed by atoms with Gasteiger partial charge in [0, 0.05) is 37.8 Å². The van der Waals surface area contributed by atoms with Crippen molar-refractivity contribution >= 4 is 18.3 Å². The van der Waals surface area contributed by atoms with Gasteiger partial charge in [0.1, 0.15) is 5.75 Å². The van der Waals surface area contributed by atoms with Gasteiger partial charge in [-0.15, -0.1) is 12.4 Å². The van der Waals surface area contributed by atoms with Crippen molar-refractivity contribution in [1.82, 2.24) is 14.5 Å². The largest absolute Gasteiger partial charge is 0.491 e. The van der Waals surface area contributed by atoms with Crippen molar-refractivity contribution in [1.29, 1.82) is 0 Å². The molecular weight excluding hydrogens is 482 g/mol. The molecule has 0 radical (unpaired) electrons. The molecule has 0 spiro atoms. The van der Waals surface area contributed by atoms with Crippen LogP contribution in [0, 0.1) is 0 Å². The zero-order valence-corrected chi connectivity index (χ0v) is 22.6. The number of ether oxygens (including phenoxy) is 1. The van der Waals surface area contributed by atoms with Crippen LogP contribution in [0.4, 0.5) is 0 Å². The van der Waals surface area contributed by atoms with Crippen LogP contribution >= 0.6 is 12.4 Å². The number of benzene rings is 3. The van der Waals surface area contributed by atoms with E-state index in [-0.39, 0.29) is 30.3 Å². The number of likely N-dealkylation sites (N-methyl/N-ethyl adjacent to an activating group) is 1. The fraction of sp³-hybridized carbons (Fsp3) is 0.290. The van der Waals surface area contributed by atoms with Gasteiger partial charge in [-0.1, -0.05) is 72.8 Å². The first-order valence-electron chi connectivity index (χ1n) is 12.6. The summed E-state index contributed by atoms with van der Waals surface area (Å²) in [6.45, 7) is 5.49. The minimum Gasteiger partial charge on any atom is -0.491 e. The SMILES string of the molecule is CC(C)Oc1cccc(CC(=O)N(C)CC(CCn2cnc(-c3ccccc3)c2)c2ccccc2)c1.Cl. The number of carbonyl (C=O) groups is 1. The Morgan fingerprint density at radius 3 is 2.38 bits per heavy atom. The van der Waals surface area contributed by atoms with Gasteiger partial charge >= 0.3 is 0 Å². The third-order valence-electron chi connectivity index (χ3n) is 6.26. The first-order valence-corrected chi connectivity index (χ1v) is 12.6. The molecular formula is C31H36ClN3O2. The lowest BCUT2D eigenvalue weighted by atomic mass is 9.95. The summed E-state index contributed by atoms with van der Waals surface area (Å²) in [5.74, 6) is 1.13. The second-order valence-corrected chi connectivity index (χ2v) is 9.52. The van der Waals surface area contributed by atoms with Crippen LogP contribution in [0.1, 0.15) is 37.3 Å². The molecule has 4 aromatic rings. The molecule has 194 valence electrons. The predicted octanol–water partition coefficient (Wildman–Crippen LogP) is 6.63. The fourth-order valence-corrected chi connectivity index (χ4v) is 4.38. The van der Waals surface area contributed by atoms with Crippen molar-refractivity contribution in [3.63, 3.8) is 0 Å². The van der Waals surface area contributed by atoms with Crippen molar-refractivity contribution in [2.75, 3.05) is 13.6 Å². The fourth-order valence-electron chi connectivity index (χ4n) is 4.38. The van der Waals surface area contributed by atoms with Crippen LogP contribution in [0.25, 0.3) is 11.3 Å². The summed E-state index contributed by atoms with van der Waals surface area (Å²) in [5.41, 5.74) is 4.30. The molecule has 0 aliphatic heterocycles. The van der Waals surface area contributed by atoms with Gasteiger partial charge in [0.15, 0.2) is 0 Å². The van der Waals surface area contributed by atoms with Crippen LogP contribution in [0.3, 0.4) is 0 Å². The third-order valence-corrected chi connectivity index (χ3v) is 6.26. The predicted molar refractivity (Wildman–Crippen MR) is 152 cm³/mol. The monoisotopic (exact) mass is 517 g/mol. The number of carbonyl (C=O) groups excluding carboxylic acids is 1. The van der Waals surface area contributed by atoms with Crippen LogP contribution in [0.5, 0.6) is 5.75 Å². The van der Waals surface area contributed by atoms with Gasteiger partial charge in [0.05, 0.1) is 24.5 Å². The highest BCUT2D eigenvalue weighted by molar-refractivity contribution is 5.85. The number of rotatable bonds is 11. The Labute approximate surface area is 226 Å². The van der Waals surface area contributed by atoms with Gasteiger partial charge in [-0.05, 0) is 43.5 Å². The smallest absolute Gasteiger partial charge is 0.226 e. The topological polar surface area (TPSA) is 47.4 Å². The maximum absolute atomic E-state index is 13.1. The summed E-state index contributed by atoms with van der Waals surface area (Å²) >= 11 is 0. The van der Waals surface area contributed by atoms with E-state index in [1.807, 2.05) is 80.7 Å². The molecule has 1 aromatic heterocycles. The van der Waals surface area contributed by atoms with Crippen molar-refractivity contribution in [2.24, 2.45) is 0 Å². The number of hydrogen-bond donors (Lipinski definition) is 0. The molecule has 3 aromatic carbocycles. The second kappa shape index (κ2) is 13.7. The van der Waals surface area contributed by atoms with E-state index >= 15 is 0 Å². The van der Waals surface area contributed by atoms with Crippen LogP contribution in [-0.2, 0) is 17.8 Å². The molecule has 1 atom stereocenters. The van der Waals surface area contributed by atoms with Crippen LogP contribution in [0.15, 0.2) is 97.5 Å². The Morgan fingerprint density at radius 2 is 1.68 bits per heavy atom. The molecule has 0 saturated carbocycles. The van der Waals surface area contributed by atoms with E-state index in [1.54, 1.807) is 0 Å². The standard InChI is InChI=1S/C31H35N3O2.ClH/c1-24(2)36-29-16-10-11-25(19-29)20-31(35)33(3)21-28(26-12-6-4-7-13-26)17-18-34-22-30(32-23-34)27-14-8-5-9-15-27;/h4-16,19,22-24,28H,17-18,20-21H2,1-3H3;1H. The van der Waals surface area contributed by atoms with Gasteiger partial charge in [-0.2, -0.15) is 0 Å². The van der Waals surface area contributed by atoms with Crippen molar-refractivity contribution in [2.45, 2.75) is 45.3 Å². The molecule has 0 bridgehead atoms. The maximum atomic E-state index is 13.1. The van der Waals surface area contributed by atoms with E-state index in [1.165, 1.54) is 5.56 Å². The molecule has 4 rings (SSSR count). The number of halogens is 1. The number of aryl methyl sites for hydroxylation is 1. The summed E-state index contributed by atoms with van der Waals surface area (Å²) in [5, 5.41) is 0. The van der Waals surface area contributed by atoms with Crippen molar-refractivity contribution in [3.8, 4) is 17.0 Å². The first-order chi connectivity index (χ1) is 17.5. The Kier molecular flexibility index (Phi) is 10.3. The highest BCUT2D eigenvalue weighted by Gasteiger charge is 2.18. The Bertz CT molecular complexity index is 1240. The lowest BCUT2D eigenvalue weighted by Crippen LogP contribution is -2.32. The lowest BCUT2D eigenvalue weighted by Gasteiger charge is -2.25. The highest BCUT2D eigenvalue weighted by Crippen LogP contribution is 2.23. The normalized spacial score (nSPS) is 11.6. The lowest BCUT2D eigenvalue weighted by molar-refractivity contribution is -0.129. The minimum absolute atomic E-state index is 0. The summed E-state index contributed by atoms with van der Waals surface area (Å²) in [7, 11) is 1.90. The van der Waals surface area contributed by atoms with Crippen molar-refractivity contribution in [3.05, 3.63) is 109 Å². The van der Waals surface area contributed by atoms with Gasteiger partial charge in [0.2, 0.25) is 5.91 Å². The first kappa shape index (κ1) is 28.0. The molecule has 0 aliphatic rings. The molecule has 37 heavy (non-hydrogen) atoms. The van der Waals surface area contributed by atoms with E-state index in [0.717, 1.165) is 35.5 Å². The Hall–Kier alpha value is -3.57. The number of hydrogen-bond acceptors (Lipinski definition) is 3. The maximum Gasteiger partial charge on any atom is 0.226 e. The molecule has 0 aliphatic carbocycles. The molecule has 0 fully saturated rings. The average molecular weight is 518 g/mol. The Balaban J connectivity index is 0.00000380. The van der Waals surface area contributed by atoms with Crippen LogP contribution in [0.2, 0.25) is 0 Å². The molecule has 1 amide bonds. The molecule has 0 N–H and O–H groups in total. The van der Waals surface area contributed by atoms with Crippen molar-refractivity contribution < 1.29 is 9.53 Å². The van der Waals surface area contributed by atoms with E-state index in [9.17, 15) is 4.79 Å². The third kappa shape index (κ3) is 8.22. The van der Waals surface area contributed by atoms with E-state index in [4.69, 9.17) is 4.74 Å². The summed E-state index contributed by atoms with van der Waals surface area (Å²) < 4.78 is 7.93. The molecule has 0 saturated heterocycles. The van der Waals surface area contributed by atoms with Gasteiger partial charge in [0.25, 0.3) is 0 Å². The number of imidazole rings is 1. The quantitative estimate of drug-likeness (QED) is 0.224. The summed E-state index contributed by atoms with van der Waals surface area (Å²) in [6.07, 6.45) is 5.35. The average Bonchev–Trinajstić information content (AvgIpc) is 3.36. The van der Waals surface area contributed by atoms with E-state index < -0.39 is 0 Å². The van der Waals surface area contributed by atoms with Gasteiger partial charge < -0.3 is 14.2 Å². The minimum atomic E-state index is 0. The zero-order valence-electron chi connectivity index (χ0n) is 21.8. The molecule has 5 nitrogen and oxygen atoms in total. The van der Waals surface area contributed by atoms with Crippen LogP contribution < -0.4 is 4.74 Å². The Morgan fingerprint density at radius 1 is 0.973 bits per heavy atom.